The summed E-state index contributed by atoms with van der Waals surface area (Å²) in [6, 6.07) is 0. The maximum Gasteiger partial charge on any atom is 0.356 e. The molecular formula is C13H25O4S+. The number of esters is 1. The normalized spacial score (nSPS) is 16.4. The summed E-state index contributed by atoms with van der Waals surface area (Å²) in [6.45, 7) is 5.95. The molecule has 1 aliphatic rings. The number of hydrogen-bond acceptors (Lipinski definition) is 4. The minimum atomic E-state index is -0.0673. The van der Waals surface area contributed by atoms with Gasteiger partial charge in [0.2, 0.25) is 5.75 Å². The van der Waals surface area contributed by atoms with Gasteiger partial charge >= 0.3 is 5.97 Å². The van der Waals surface area contributed by atoms with Crippen molar-refractivity contribution in [1.82, 2.24) is 0 Å². The Morgan fingerprint density at radius 3 is 2.44 bits per heavy atom. The van der Waals surface area contributed by atoms with Crippen molar-refractivity contribution < 1.29 is 19.0 Å². The topological polar surface area (TPSA) is 44.8 Å². The molecule has 1 fully saturated rings. The van der Waals surface area contributed by atoms with Gasteiger partial charge in [0.1, 0.15) is 18.1 Å². The molecular weight excluding hydrogens is 252 g/mol. The average Bonchev–Trinajstić information content (AvgIpc) is 2.80. The number of ether oxygens (including phenoxy) is 3. The summed E-state index contributed by atoms with van der Waals surface area (Å²) in [4.78, 5) is 11.5. The molecule has 1 heterocycles. The van der Waals surface area contributed by atoms with E-state index in [-0.39, 0.29) is 12.1 Å². The average molecular weight is 277 g/mol. The molecule has 0 spiro atoms. The number of carbonyl (C=O) groups excluding carboxylic acids is 1. The van der Waals surface area contributed by atoms with Crippen LogP contribution >= 0.6 is 0 Å². The lowest BCUT2D eigenvalue weighted by molar-refractivity contribution is -0.142. The van der Waals surface area contributed by atoms with Crippen molar-refractivity contribution in [1.29, 1.82) is 0 Å². The van der Waals surface area contributed by atoms with E-state index in [4.69, 9.17) is 14.2 Å². The fourth-order valence-electron chi connectivity index (χ4n) is 1.73. The molecule has 0 aromatic heterocycles. The van der Waals surface area contributed by atoms with Crippen LogP contribution in [0.15, 0.2) is 0 Å². The van der Waals surface area contributed by atoms with E-state index in [0.717, 1.165) is 0 Å². The number of rotatable bonds is 9. The minimum absolute atomic E-state index is 0.0673. The van der Waals surface area contributed by atoms with Gasteiger partial charge in [-0.05, 0) is 37.6 Å². The summed E-state index contributed by atoms with van der Waals surface area (Å²) < 4.78 is 15.8. The Morgan fingerprint density at radius 1 is 1.11 bits per heavy atom. The van der Waals surface area contributed by atoms with Crippen molar-refractivity contribution in [3.8, 4) is 0 Å². The summed E-state index contributed by atoms with van der Waals surface area (Å²) in [6.07, 6.45) is 2.78. The predicted molar refractivity (Wildman–Crippen MR) is 74.1 cm³/mol. The van der Waals surface area contributed by atoms with Crippen molar-refractivity contribution in [2.45, 2.75) is 32.8 Å². The lowest BCUT2D eigenvalue weighted by Crippen LogP contribution is -2.22. The van der Waals surface area contributed by atoms with Crippen LogP contribution in [0.3, 0.4) is 0 Å². The highest BCUT2D eigenvalue weighted by Gasteiger charge is 2.27. The van der Waals surface area contributed by atoms with Gasteiger partial charge in [0.05, 0.1) is 25.9 Å². The molecule has 5 heteroatoms. The van der Waals surface area contributed by atoms with E-state index in [0.29, 0.717) is 43.1 Å². The van der Waals surface area contributed by atoms with Crippen LogP contribution in [0.1, 0.15) is 26.7 Å². The number of carbonyl (C=O) groups is 1. The van der Waals surface area contributed by atoms with Crippen LogP contribution in [0.25, 0.3) is 0 Å². The van der Waals surface area contributed by atoms with E-state index >= 15 is 0 Å². The van der Waals surface area contributed by atoms with Crippen molar-refractivity contribution in [3.05, 3.63) is 0 Å². The Hall–Kier alpha value is -0.260. The van der Waals surface area contributed by atoms with Gasteiger partial charge in [0.25, 0.3) is 0 Å². The third kappa shape index (κ3) is 7.95. The maximum atomic E-state index is 11.5. The Labute approximate surface area is 113 Å². The predicted octanol–water partition coefficient (Wildman–Crippen LogP) is 1.38. The molecule has 1 rings (SSSR count). The van der Waals surface area contributed by atoms with Gasteiger partial charge in [-0.2, -0.15) is 0 Å². The molecule has 0 aliphatic carbocycles. The molecule has 1 aliphatic heterocycles. The van der Waals surface area contributed by atoms with E-state index in [2.05, 4.69) is 0 Å². The highest BCUT2D eigenvalue weighted by molar-refractivity contribution is 7.97. The van der Waals surface area contributed by atoms with E-state index in [9.17, 15) is 4.79 Å². The van der Waals surface area contributed by atoms with E-state index in [1.54, 1.807) is 0 Å². The van der Waals surface area contributed by atoms with Crippen molar-refractivity contribution in [3.63, 3.8) is 0 Å². The van der Waals surface area contributed by atoms with E-state index in [1.165, 1.54) is 24.3 Å². The Kier molecular flexibility index (Phi) is 8.46. The molecule has 4 nitrogen and oxygen atoms in total. The zero-order chi connectivity index (χ0) is 13.2. The van der Waals surface area contributed by atoms with Crippen LogP contribution in [-0.2, 0) is 29.9 Å². The summed E-state index contributed by atoms with van der Waals surface area (Å²) in [5.74, 6) is 2.95. The fourth-order valence-corrected chi connectivity index (χ4v) is 3.86. The largest absolute Gasteiger partial charge is 0.460 e. The van der Waals surface area contributed by atoms with Crippen molar-refractivity contribution in [2.24, 2.45) is 0 Å². The zero-order valence-corrected chi connectivity index (χ0v) is 12.3. The monoisotopic (exact) mass is 277 g/mol. The van der Waals surface area contributed by atoms with Crippen LogP contribution in [0.5, 0.6) is 0 Å². The van der Waals surface area contributed by atoms with Gasteiger partial charge in [0, 0.05) is 0 Å². The quantitative estimate of drug-likeness (QED) is 0.363. The van der Waals surface area contributed by atoms with Crippen LogP contribution < -0.4 is 0 Å². The molecule has 0 unspecified atom stereocenters. The lowest BCUT2D eigenvalue weighted by atomic mass is 10.4. The lowest BCUT2D eigenvalue weighted by Gasteiger charge is -2.08. The van der Waals surface area contributed by atoms with Crippen LogP contribution in [0.2, 0.25) is 0 Å². The first-order chi connectivity index (χ1) is 8.68. The molecule has 106 valence electrons. The van der Waals surface area contributed by atoms with Gasteiger partial charge in [-0.15, -0.1) is 0 Å². The molecule has 0 amide bonds. The minimum Gasteiger partial charge on any atom is -0.460 e. The van der Waals surface area contributed by atoms with Gasteiger partial charge in [-0.3, -0.25) is 0 Å². The second kappa shape index (κ2) is 9.64. The van der Waals surface area contributed by atoms with Crippen molar-refractivity contribution in [2.75, 3.05) is 43.7 Å². The summed E-state index contributed by atoms with van der Waals surface area (Å²) in [7, 11) is 0.292. The van der Waals surface area contributed by atoms with E-state index < -0.39 is 0 Å². The third-order valence-electron chi connectivity index (χ3n) is 2.61. The van der Waals surface area contributed by atoms with Crippen LogP contribution in [0, 0.1) is 0 Å². The second-order valence-corrected chi connectivity index (χ2v) is 6.95. The molecule has 0 atom stereocenters. The summed E-state index contributed by atoms with van der Waals surface area (Å²) in [5, 5.41) is 0. The molecule has 0 bridgehead atoms. The van der Waals surface area contributed by atoms with Gasteiger partial charge in [-0.1, -0.05) is 0 Å². The molecule has 0 saturated carbocycles. The van der Waals surface area contributed by atoms with Gasteiger partial charge < -0.3 is 14.2 Å². The highest BCUT2D eigenvalue weighted by Crippen LogP contribution is 2.13. The summed E-state index contributed by atoms with van der Waals surface area (Å²) >= 11 is 0. The first-order valence-corrected chi connectivity index (χ1v) is 8.40. The Bertz CT molecular complexity index is 227. The third-order valence-corrected chi connectivity index (χ3v) is 4.98. The fraction of sp³-hybridized carbons (Fsp3) is 0.923. The highest BCUT2D eigenvalue weighted by atomic mass is 32.2. The SMILES string of the molecule is CC(C)OCCOCCOC(=O)C[S+]1CCCC1. The second-order valence-electron chi connectivity index (χ2n) is 4.62. The van der Waals surface area contributed by atoms with Crippen molar-refractivity contribution >= 4 is 16.9 Å². The van der Waals surface area contributed by atoms with Crippen LogP contribution in [0.4, 0.5) is 0 Å². The summed E-state index contributed by atoms with van der Waals surface area (Å²) in [5.41, 5.74) is 0. The standard InChI is InChI=1S/C13H25O4S/c1-12(2)16-7-5-15-6-8-17-13(14)11-18-9-3-4-10-18/h12H,3-11H2,1-2H3/q+1. The van der Waals surface area contributed by atoms with Gasteiger partial charge in [0.15, 0.2) is 0 Å². The molecule has 0 aromatic carbocycles. The van der Waals surface area contributed by atoms with Crippen LogP contribution in [-0.4, -0.2) is 55.8 Å². The molecule has 0 aromatic rings. The zero-order valence-electron chi connectivity index (χ0n) is 11.5. The molecule has 0 N–H and O–H groups in total. The maximum absolute atomic E-state index is 11.5. The molecule has 0 radical (unpaired) electrons. The Morgan fingerprint density at radius 2 is 1.78 bits per heavy atom. The smallest absolute Gasteiger partial charge is 0.356 e. The first kappa shape index (κ1) is 15.8. The Balaban J connectivity index is 1.86. The molecule has 18 heavy (non-hydrogen) atoms. The molecule has 1 saturated heterocycles. The van der Waals surface area contributed by atoms with E-state index in [1.807, 2.05) is 13.8 Å². The van der Waals surface area contributed by atoms with Gasteiger partial charge in [-0.25, -0.2) is 4.79 Å². The first-order valence-electron chi connectivity index (χ1n) is 6.67. The number of hydrogen-bond donors (Lipinski definition) is 0.